The van der Waals surface area contributed by atoms with Crippen molar-refractivity contribution in [3.05, 3.63) is 0 Å². The van der Waals surface area contributed by atoms with Crippen molar-refractivity contribution >= 4 is 17.7 Å². The quantitative estimate of drug-likeness (QED) is 0.775. The number of hydrogen-bond donors (Lipinski definition) is 1. The summed E-state index contributed by atoms with van der Waals surface area (Å²) in [6, 6.07) is 0.574. The number of likely N-dealkylation sites (tertiary alicyclic amines) is 1. The minimum atomic E-state index is -0.583. The van der Waals surface area contributed by atoms with Crippen molar-refractivity contribution in [1.82, 2.24) is 4.90 Å². The molecule has 0 aromatic carbocycles. The fourth-order valence-electron chi connectivity index (χ4n) is 3.52. The molecule has 84 valence electrons. The van der Waals surface area contributed by atoms with Crippen LogP contribution in [0.3, 0.4) is 0 Å². The van der Waals surface area contributed by atoms with Gasteiger partial charge in [-0.05, 0) is 37.4 Å². The molecule has 3 rings (SSSR count). The Morgan fingerprint density at radius 2 is 2.33 bits per heavy atom. The van der Waals surface area contributed by atoms with Gasteiger partial charge in [-0.15, -0.1) is 0 Å². The van der Waals surface area contributed by atoms with Crippen molar-refractivity contribution in [2.45, 2.75) is 37.3 Å². The van der Waals surface area contributed by atoms with Crippen LogP contribution in [0.4, 0.5) is 0 Å². The number of carboxylic acid groups (broad SMARTS) is 1. The Kier molecular flexibility index (Phi) is 2.25. The van der Waals surface area contributed by atoms with Gasteiger partial charge < -0.3 is 5.11 Å². The van der Waals surface area contributed by atoms with Crippen molar-refractivity contribution in [2.24, 2.45) is 5.92 Å². The van der Waals surface area contributed by atoms with Gasteiger partial charge in [0.25, 0.3) is 0 Å². The number of rotatable bonds is 2. The van der Waals surface area contributed by atoms with E-state index in [4.69, 9.17) is 0 Å². The van der Waals surface area contributed by atoms with E-state index in [9.17, 15) is 9.90 Å². The molecule has 2 heterocycles. The highest BCUT2D eigenvalue weighted by Gasteiger charge is 2.54. The highest BCUT2D eigenvalue weighted by molar-refractivity contribution is 7.99. The largest absolute Gasteiger partial charge is 0.480 e. The maximum Gasteiger partial charge on any atom is 0.325 e. The van der Waals surface area contributed by atoms with Crippen LogP contribution in [0.5, 0.6) is 0 Å². The first-order chi connectivity index (χ1) is 7.22. The first-order valence-electron chi connectivity index (χ1n) is 5.80. The van der Waals surface area contributed by atoms with Crippen molar-refractivity contribution in [2.75, 3.05) is 18.1 Å². The molecule has 1 aliphatic carbocycles. The van der Waals surface area contributed by atoms with E-state index >= 15 is 0 Å². The van der Waals surface area contributed by atoms with Crippen LogP contribution in [0.1, 0.15) is 25.7 Å². The Morgan fingerprint density at radius 3 is 2.80 bits per heavy atom. The molecule has 1 saturated carbocycles. The predicted octanol–water partition coefficient (Wildman–Crippen LogP) is 1.43. The molecule has 0 spiro atoms. The molecule has 3 unspecified atom stereocenters. The smallest absolute Gasteiger partial charge is 0.325 e. The van der Waals surface area contributed by atoms with Crippen LogP contribution in [0, 0.1) is 5.92 Å². The van der Waals surface area contributed by atoms with E-state index in [1.165, 1.54) is 19.3 Å². The average Bonchev–Trinajstić information content (AvgIpc) is 2.94. The summed E-state index contributed by atoms with van der Waals surface area (Å²) in [5, 5.41) is 9.50. The summed E-state index contributed by atoms with van der Waals surface area (Å²) in [4.78, 5) is 13.9. The van der Waals surface area contributed by atoms with Gasteiger partial charge in [-0.2, -0.15) is 11.8 Å². The molecule has 3 nitrogen and oxygen atoms in total. The predicted molar refractivity (Wildman–Crippen MR) is 60.1 cm³/mol. The van der Waals surface area contributed by atoms with Gasteiger partial charge >= 0.3 is 5.97 Å². The van der Waals surface area contributed by atoms with E-state index in [1.54, 1.807) is 11.8 Å². The van der Waals surface area contributed by atoms with E-state index in [2.05, 4.69) is 4.90 Å². The first-order valence-corrected chi connectivity index (χ1v) is 6.96. The molecule has 0 aromatic rings. The van der Waals surface area contributed by atoms with Gasteiger partial charge in [0.1, 0.15) is 5.54 Å². The van der Waals surface area contributed by atoms with Gasteiger partial charge in [0, 0.05) is 18.3 Å². The maximum atomic E-state index is 11.5. The van der Waals surface area contributed by atoms with Crippen molar-refractivity contribution in [3.63, 3.8) is 0 Å². The van der Waals surface area contributed by atoms with E-state index in [0.29, 0.717) is 6.04 Å². The van der Waals surface area contributed by atoms with Crippen LogP contribution in [-0.2, 0) is 4.79 Å². The third-order valence-electron chi connectivity index (χ3n) is 4.36. The highest BCUT2D eigenvalue weighted by Crippen LogP contribution is 2.45. The number of hydrogen-bond acceptors (Lipinski definition) is 3. The molecule has 15 heavy (non-hydrogen) atoms. The standard InChI is InChI=1S/C11H17NO2S/c13-10(14)11(3-4-15-7-11)12-6-8-1-2-9(12)5-8/h8-9H,1-7H2,(H,13,14). The number of nitrogens with zero attached hydrogens (tertiary/aromatic N) is 1. The van der Waals surface area contributed by atoms with Gasteiger partial charge in [-0.25, -0.2) is 0 Å². The molecule has 2 saturated heterocycles. The zero-order valence-electron chi connectivity index (χ0n) is 8.82. The third kappa shape index (κ3) is 1.34. The lowest BCUT2D eigenvalue weighted by molar-refractivity contribution is -0.151. The number of piperidine rings is 1. The lowest BCUT2D eigenvalue weighted by atomic mass is 9.93. The minimum Gasteiger partial charge on any atom is -0.480 e. The molecule has 1 N–H and O–H groups in total. The zero-order chi connectivity index (χ0) is 10.5. The Balaban J connectivity index is 1.87. The molecule has 3 aliphatic rings. The maximum absolute atomic E-state index is 11.5. The third-order valence-corrected chi connectivity index (χ3v) is 5.53. The molecule has 2 aliphatic heterocycles. The van der Waals surface area contributed by atoms with Crippen LogP contribution >= 0.6 is 11.8 Å². The number of thioether (sulfide) groups is 1. The zero-order valence-corrected chi connectivity index (χ0v) is 9.63. The Bertz CT molecular complexity index is 288. The number of carbonyl (C=O) groups is 1. The second kappa shape index (κ2) is 3.39. The van der Waals surface area contributed by atoms with Crippen LogP contribution in [-0.4, -0.2) is 45.6 Å². The normalized spacial score (nSPS) is 45.1. The molecule has 3 atom stereocenters. The van der Waals surface area contributed by atoms with Crippen LogP contribution < -0.4 is 0 Å². The molecule has 0 radical (unpaired) electrons. The summed E-state index contributed by atoms with van der Waals surface area (Å²) in [5.41, 5.74) is -0.509. The van der Waals surface area contributed by atoms with Gasteiger partial charge in [0.15, 0.2) is 0 Å². The number of carboxylic acids is 1. The summed E-state index contributed by atoms with van der Waals surface area (Å²) in [6.45, 7) is 1.04. The fourth-order valence-corrected chi connectivity index (χ4v) is 4.92. The van der Waals surface area contributed by atoms with Gasteiger partial charge in [0.05, 0.1) is 0 Å². The van der Waals surface area contributed by atoms with Crippen LogP contribution in [0.2, 0.25) is 0 Å². The molecule has 3 fully saturated rings. The van der Waals surface area contributed by atoms with Crippen LogP contribution in [0.25, 0.3) is 0 Å². The van der Waals surface area contributed by atoms with Crippen molar-refractivity contribution < 1.29 is 9.90 Å². The van der Waals surface area contributed by atoms with Gasteiger partial charge in [0.2, 0.25) is 0 Å². The summed E-state index contributed by atoms with van der Waals surface area (Å²) in [5.74, 6) is 2.02. The second-order valence-electron chi connectivity index (χ2n) is 5.12. The SMILES string of the molecule is O=C(O)C1(N2CC3CCC2C3)CCSC1. The second-order valence-corrected chi connectivity index (χ2v) is 6.23. The summed E-state index contributed by atoms with van der Waals surface area (Å²) >= 11 is 1.80. The summed E-state index contributed by atoms with van der Waals surface area (Å²) < 4.78 is 0. The summed E-state index contributed by atoms with van der Waals surface area (Å²) in [6.07, 6.45) is 4.64. The van der Waals surface area contributed by atoms with Crippen molar-refractivity contribution in [1.29, 1.82) is 0 Å². The molecule has 4 heteroatoms. The van der Waals surface area contributed by atoms with Gasteiger partial charge in [-0.3, -0.25) is 9.69 Å². The number of aliphatic carboxylic acids is 1. The van der Waals surface area contributed by atoms with E-state index in [0.717, 1.165) is 30.4 Å². The Hall–Kier alpha value is -0.220. The highest BCUT2D eigenvalue weighted by atomic mass is 32.2. The molecular weight excluding hydrogens is 210 g/mol. The first kappa shape index (κ1) is 9.97. The lowest BCUT2D eigenvalue weighted by Crippen LogP contribution is -2.57. The fraction of sp³-hybridized carbons (Fsp3) is 0.909. The Morgan fingerprint density at radius 1 is 1.47 bits per heavy atom. The van der Waals surface area contributed by atoms with E-state index in [1.807, 2.05) is 0 Å². The molecule has 2 bridgehead atoms. The molecule has 0 aromatic heterocycles. The van der Waals surface area contributed by atoms with Crippen LogP contribution in [0.15, 0.2) is 0 Å². The lowest BCUT2D eigenvalue weighted by Gasteiger charge is -2.40. The van der Waals surface area contributed by atoms with E-state index in [-0.39, 0.29) is 0 Å². The minimum absolute atomic E-state index is 0.509. The number of fused-ring (bicyclic) bond motifs is 2. The van der Waals surface area contributed by atoms with Gasteiger partial charge in [-0.1, -0.05) is 0 Å². The monoisotopic (exact) mass is 227 g/mol. The van der Waals surface area contributed by atoms with Crippen molar-refractivity contribution in [3.8, 4) is 0 Å². The Labute approximate surface area is 94.2 Å². The average molecular weight is 227 g/mol. The topological polar surface area (TPSA) is 40.5 Å². The summed E-state index contributed by atoms with van der Waals surface area (Å²) in [7, 11) is 0. The van der Waals surface area contributed by atoms with E-state index < -0.39 is 11.5 Å². The molecular formula is C11H17NO2S. The molecule has 0 amide bonds.